The van der Waals surface area contributed by atoms with Crippen molar-refractivity contribution in [1.29, 1.82) is 0 Å². The third kappa shape index (κ3) is 6.22. The van der Waals surface area contributed by atoms with Crippen LogP contribution in [0, 0.1) is 5.41 Å². The van der Waals surface area contributed by atoms with Crippen molar-refractivity contribution in [2.45, 2.75) is 52.7 Å². The first-order valence-electron chi connectivity index (χ1n) is 8.58. The van der Waals surface area contributed by atoms with Gasteiger partial charge in [0, 0.05) is 25.6 Å². The second-order valence-corrected chi connectivity index (χ2v) is 7.60. The summed E-state index contributed by atoms with van der Waals surface area (Å²) in [5, 5.41) is 2.90. The molecule has 0 saturated carbocycles. The number of nitrogens with one attached hydrogen (secondary N) is 1. The number of hydrogen-bond acceptors (Lipinski definition) is 3. The van der Waals surface area contributed by atoms with E-state index in [1.165, 1.54) is 0 Å². The lowest BCUT2D eigenvalue weighted by atomic mass is 9.91. The molecule has 2 amide bonds. The maximum atomic E-state index is 12.2. The fraction of sp³-hybridized carbons (Fsp3) is 0.579. The van der Waals surface area contributed by atoms with E-state index in [2.05, 4.69) is 26.1 Å². The molecule has 1 heterocycles. The van der Waals surface area contributed by atoms with Crippen LogP contribution in [0.25, 0.3) is 0 Å². The highest BCUT2D eigenvalue weighted by molar-refractivity contribution is 5.77. The summed E-state index contributed by atoms with van der Waals surface area (Å²) in [4.78, 5) is 26.0. The van der Waals surface area contributed by atoms with Crippen molar-refractivity contribution < 1.29 is 14.3 Å². The molecule has 0 bridgehead atoms. The molecular formula is C19H28N2O3. The minimum absolute atomic E-state index is 0.00737. The summed E-state index contributed by atoms with van der Waals surface area (Å²) in [6, 6.07) is 9.69. The van der Waals surface area contributed by atoms with Gasteiger partial charge in [0.15, 0.2) is 0 Å². The molecular weight excluding hydrogens is 304 g/mol. The molecule has 0 aliphatic carbocycles. The van der Waals surface area contributed by atoms with Crippen LogP contribution in [-0.2, 0) is 16.1 Å². The van der Waals surface area contributed by atoms with Crippen molar-refractivity contribution in [1.82, 2.24) is 10.2 Å². The number of rotatable bonds is 4. The van der Waals surface area contributed by atoms with Gasteiger partial charge in [-0.25, -0.2) is 4.79 Å². The minimum Gasteiger partial charge on any atom is -0.445 e. The number of amides is 2. The Labute approximate surface area is 144 Å². The molecule has 1 aliphatic rings. The zero-order valence-electron chi connectivity index (χ0n) is 14.9. The molecule has 132 valence electrons. The molecule has 5 nitrogen and oxygen atoms in total. The van der Waals surface area contributed by atoms with Crippen LogP contribution in [0.1, 0.15) is 45.6 Å². The lowest BCUT2D eigenvalue weighted by molar-refractivity contribution is -0.134. The number of ether oxygens (including phenoxy) is 1. The normalized spacial score (nSPS) is 15.9. The zero-order chi connectivity index (χ0) is 17.6. The molecule has 1 aromatic rings. The molecule has 0 atom stereocenters. The van der Waals surface area contributed by atoms with Gasteiger partial charge in [0.25, 0.3) is 0 Å². The quantitative estimate of drug-likeness (QED) is 0.920. The van der Waals surface area contributed by atoms with E-state index in [1.807, 2.05) is 35.2 Å². The smallest absolute Gasteiger partial charge is 0.407 e. The van der Waals surface area contributed by atoms with E-state index in [-0.39, 0.29) is 24.0 Å². The van der Waals surface area contributed by atoms with Gasteiger partial charge in [0.1, 0.15) is 6.61 Å². The first-order valence-corrected chi connectivity index (χ1v) is 8.58. The zero-order valence-corrected chi connectivity index (χ0v) is 14.9. The molecule has 1 aromatic carbocycles. The van der Waals surface area contributed by atoms with Crippen LogP contribution in [-0.4, -0.2) is 36.0 Å². The molecule has 24 heavy (non-hydrogen) atoms. The second kappa shape index (κ2) is 8.18. The predicted octanol–water partition coefficient (Wildman–Crippen LogP) is 3.34. The van der Waals surface area contributed by atoms with Crippen LogP contribution >= 0.6 is 0 Å². The topological polar surface area (TPSA) is 58.6 Å². The largest absolute Gasteiger partial charge is 0.445 e. The number of nitrogens with zero attached hydrogens (tertiary/aromatic N) is 1. The van der Waals surface area contributed by atoms with E-state index in [0.29, 0.717) is 19.5 Å². The number of benzene rings is 1. The molecule has 0 unspecified atom stereocenters. The molecule has 1 fully saturated rings. The number of likely N-dealkylation sites (tertiary alicyclic amines) is 1. The Balaban J connectivity index is 1.69. The van der Waals surface area contributed by atoms with Crippen LogP contribution < -0.4 is 5.32 Å². The SMILES string of the molecule is CC(C)(C)CC(=O)N1CCC(NC(=O)OCc2ccccc2)CC1. The molecule has 1 saturated heterocycles. The summed E-state index contributed by atoms with van der Waals surface area (Å²) in [6.07, 6.45) is 1.72. The van der Waals surface area contributed by atoms with Gasteiger partial charge in [0.05, 0.1) is 0 Å². The second-order valence-electron chi connectivity index (χ2n) is 7.60. The Morgan fingerprint density at radius 3 is 2.38 bits per heavy atom. The molecule has 1 N–H and O–H groups in total. The van der Waals surface area contributed by atoms with Crippen LogP contribution in [0.15, 0.2) is 30.3 Å². The summed E-state index contributed by atoms with van der Waals surface area (Å²) >= 11 is 0. The van der Waals surface area contributed by atoms with Crippen molar-refractivity contribution >= 4 is 12.0 Å². The van der Waals surface area contributed by atoms with Gasteiger partial charge in [-0.1, -0.05) is 51.1 Å². The van der Waals surface area contributed by atoms with Crippen LogP contribution in [0.2, 0.25) is 0 Å². The highest BCUT2D eigenvalue weighted by Crippen LogP contribution is 2.21. The summed E-state index contributed by atoms with van der Waals surface area (Å²) in [6.45, 7) is 7.87. The lowest BCUT2D eigenvalue weighted by Crippen LogP contribution is -2.47. The maximum Gasteiger partial charge on any atom is 0.407 e. The fourth-order valence-corrected chi connectivity index (χ4v) is 2.77. The Kier molecular flexibility index (Phi) is 6.23. The molecule has 1 aliphatic heterocycles. The van der Waals surface area contributed by atoms with E-state index >= 15 is 0 Å². The Bertz CT molecular complexity index is 543. The van der Waals surface area contributed by atoms with E-state index < -0.39 is 6.09 Å². The summed E-state index contributed by atoms with van der Waals surface area (Å²) in [5.41, 5.74) is 0.975. The molecule has 2 rings (SSSR count). The number of piperidine rings is 1. The summed E-state index contributed by atoms with van der Waals surface area (Å²) in [7, 11) is 0. The van der Waals surface area contributed by atoms with E-state index in [9.17, 15) is 9.59 Å². The van der Waals surface area contributed by atoms with Crippen molar-refractivity contribution in [2.75, 3.05) is 13.1 Å². The maximum absolute atomic E-state index is 12.2. The Morgan fingerprint density at radius 1 is 1.17 bits per heavy atom. The Morgan fingerprint density at radius 2 is 1.79 bits per heavy atom. The van der Waals surface area contributed by atoms with Crippen LogP contribution in [0.5, 0.6) is 0 Å². The molecule has 0 aromatic heterocycles. The van der Waals surface area contributed by atoms with Crippen molar-refractivity contribution in [3.05, 3.63) is 35.9 Å². The third-order valence-electron chi connectivity index (χ3n) is 4.06. The molecule has 5 heteroatoms. The average Bonchev–Trinajstić information content (AvgIpc) is 2.53. The van der Waals surface area contributed by atoms with Crippen LogP contribution in [0.3, 0.4) is 0 Å². The van der Waals surface area contributed by atoms with Gasteiger partial charge in [-0.3, -0.25) is 4.79 Å². The first kappa shape index (κ1) is 18.3. The van der Waals surface area contributed by atoms with Crippen molar-refractivity contribution in [3.8, 4) is 0 Å². The van der Waals surface area contributed by atoms with Crippen molar-refractivity contribution in [2.24, 2.45) is 5.41 Å². The van der Waals surface area contributed by atoms with Gasteiger partial charge in [-0.2, -0.15) is 0 Å². The fourth-order valence-electron chi connectivity index (χ4n) is 2.77. The van der Waals surface area contributed by atoms with E-state index in [1.54, 1.807) is 0 Å². The number of alkyl carbamates (subject to hydrolysis) is 1. The monoisotopic (exact) mass is 332 g/mol. The number of carbonyl (C=O) groups is 2. The predicted molar refractivity (Wildman–Crippen MR) is 93.4 cm³/mol. The minimum atomic E-state index is -0.390. The standard InChI is InChI=1S/C19H28N2O3/c1-19(2,3)13-17(22)21-11-9-16(10-12-21)20-18(23)24-14-15-7-5-4-6-8-15/h4-8,16H,9-14H2,1-3H3,(H,20,23). The average molecular weight is 332 g/mol. The van der Waals surface area contributed by atoms with E-state index in [4.69, 9.17) is 4.74 Å². The number of hydrogen-bond donors (Lipinski definition) is 1. The number of carbonyl (C=O) groups excluding carboxylic acids is 2. The highest BCUT2D eigenvalue weighted by Gasteiger charge is 2.26. The van der Waals surface area contributed by atoms with Gasteiger partial charge >= 0.3 is 6.09 Å². The van der Waals surface area contributed by atoms with E-state index in [0.717, 1.165) is 18.4 Å². The molecule has 0 spiro atoms. The highest BCUT2D eigenvalue weighted by atomic mass is 16.5. The Hall–Kier alpha value is -2.04. The van der Waals surface area contributed by atoms with Gasteiger partial charge in [-0.05, 0) is 23.8 Å². The summed E-state index contributed by atoms with van der Waals surface area (Å²) in [5.74, 6) is 0.201. The van der Waals surface area contributed by atoms with Gasteiger partial charge in [-0.15, -0.1) is 0 Å². The first-order chi connectivity index (χ1) is 11.3. The van der Waals surface area contributed by atoms with Crippen molar-refractivity contribution in [3.63, 3.8) is 0 Å². The van der Waals surface area contributed by atoms with Gasteiger partial charge in [0.2, 0.25) is 5.91 Å². The van der Waals surface area contributed by atoms with Crippen LogP contribution in [0.4, 0.5) is 4.79 Å². The lowest BCUT2D eigenvalue weighted by Gasteiger charge is -2.33. The van der Waals surface area contributed by atoms with Gasteiger partial charge < -0.3 is 15.0 Å². The third-order valence-corrected chi connectivity index (χ3v) is 4.06. The summed E-state index contributed by atoms with van der Waals surface area (Å²) < 4.78 is 5.24. The molecule has 0 radical (unpaired) electrons.